The first-order valence-corrected chi connectivity index (χ1v) is 10.1. The number of amides is 1. The maximum atomic E-state index is 12.4. The molecule has 0 fully saturated rings. The SMILES string of the molecule is CCn1c(Cc2ccccc2)nnc1SCC(=O)Nc1c(C)cccc1[N+](=O)[O-]. The summed E-state index contributed by atoms with van der Waals surface area (Å²) in [7, 11) is 0. The van der Waals surface area contributed by atoms with Crippen LogP contribution in [0.4, 0.5) is 11.4 Å². The molecule has 3 rings (SSSR count). The quantitative estimate of drug-likeness (QED) is 0.343. The highest BCUT2D eigenvalue weighted by molar-refractivity contribution is 7.99. The average molecular weight is 411 g/mol. The Kier molecular flexibility index (Phi) is 6.61. The standard InChI is InChI=1S/C20H21N5O3S/c1-3-24-17(12-15-9-5-4-6-10-15)22-23-20(24)29-13-18(26)21-19-14(2)8-7-11-16(19)25(27)28/h4-11H,3,12-13H2,1-2H3,(H,21,26). The highest BCUT2D eigenvalue weighted by Gasteiger charge is 2.19. The second kappa shape index (κ2) is 9.33. The van der Waals surface area contributed by atoms with Crippen molar-refractivity contribution in [1.29, 1.82) is 0 Å². The molecule has 2 aromatic carbocycles. The van der Waals surface area contributed by atoms with E-state index in [1.165, 1.54) is 17.8 Å². The monoisotopic (exact) mass is 411 g/mol. The van der Waals surface area contributed by atoms with Crippen LogP contribution in [0.15, 0.2) is 53.7 Å². The number of hydrogen-bond acceptors (Lipinski definition) is 6. The van der Waals surface area contributed by atoms with Crippen molar-refractivity contribution in [2.24, 2.45) is 0 Å². The lowest BCUT2D eigenvalue weighted by atomic mass is 10.1. The van der Waals surface area contributed by atoms with Crippen molar-refractivity contribution in [2.45, 2.75) is 32.0 Å². The molecule has 0 unspecified atom stereocenters. The molecule has 0 saturated heterocycles. The zero-order chi connectivity index (χ0) is 20.8. The summed E-state index contributed by atoms with van der Waals surface area (Å²) in [6.45, 7) is 4.40. The summed E-state index contributed by atoms with van der Waals surface area (Å²) in [4.78, 5) is 23.1. The van der Waals surface area contributed by atoms with Gasteiger partial charge in [-0.2, -0.15) is 0 Å². The van der Waals surface area contributed by atoms with Crippen molar-refractivity contribution in [3.8, 4) is 0 Å². The number of nitrogens with one attached hydrogen (secondary N) is 1. The van der Waals surface area contributed by atoms with Gasteiger partial charge in [0.25, 0.3) is 5.69 Å². The van der Waals surface area contributed by atoms with Gasteiger partial charge in [0.2, 0.25) is 5.91 Å². The topological polar surface area (TPSA) is 103 Å². The third-order valence-electron chi connectivity index (χ3n) is 4.36. The molecule has 1 heterocycles. The van der Waals surface area contributed by atoms with Crippen LogP contribution in [0.2, 0.25) is 0 Å². The van der Waals surface area contributed by atoms with E-state index in [0.717, 1.165) is 11.4 Å². The molecule has 1 aromatic heterocycles. The number of hydrogen-bond donors (Lipinski definition) is 1. The van der Waals surface area contributed by atoms with Crippen molar-refractivity contribution in [3.63, 3.8) is 0 Å². The molecule has 8 nitrogen and oxygen atoms in total. The predicted molar refractivity (Wildman–Crippen MR) is 112 cm³/mol. The van der Waals surface area contributed by atoms with Gasteiger partial charge in [0.1, 0.15) is 11.5 Å². The second-order valence-electron chi connectivity index (χ2n) is 6.37. The fourth-order valence-electron chi connectivity index (χ4n) is 2.93. The van der Waals surface area contributed by atoms with Gasteiger partial charge < -0.3 is 9.88 Å². The first kappa shape index (κ1) is 20.5. The molecule has 0 aliphatic carbocycles. The van der Waals surface area contributed by atoms with Gasteiger partial charge in [0.15, 0.2) is 5.16 Å². The number of anilines is 1. The Bertz CT molecular complexity index is 1020. The van der Waals surface area contributed by atoms with E-state index in [1.54, 1.807) is 19.1 Å². The third-order valence-corrected chi connectivity index (χ3v) is 5.33. The molecule has 150 valence electrons. The Hall–Kier alpha value is -3.20. The molecule has 0 atom stereocenters. The largest absolute Gasteiger partial charge is 0.319 e. The molecule has 1 amide bonds. The van der Waals surface area contributed by atoms with Gasteiger partial charge in [0, 0.05) is 19.0 Å². The van der Waals surface area contributed by atoms with E-state index in [1.807, 2.05) is 41.8 Å². The molecular weight excluding hydrogens is 390 g/mol. The van der Waals surface area contributed by atoms with E-state index in [4.69, 9.17) is 0 Å². The highest BCUT2D eigenvalue weighted by Crippen LogP contribution is 2.28. The van der Waals surface area contributed by atoms with E-state index in [9.17, 15) is 14.9 Å². The smallest absolute Gasteiger partial charge is 0.293 e. The van der Waals surface area contributed by atoms with Crippen molar-refractivity contribution in [3.05, 3.63) is 75.6 Å². The van der Waals surface area contributed by atoms with Crippen LogP contribution in [0.5, 0.6) is 0 Å². The minimum absolute atomic E-state index is 0.0783. The number of nitro benzene ring substituents is 1. The van der Waals surface area contributed by atoms with E-state index in [-0.39, 0.29) is 23.0 Å². The van der Waals surface area contributed by atoms with Gasteiger partial charge in [0.05, 0.1) is 10.7 Å². The van der Waals surface area contributed by atoms with Crippen LogP contribution < -0.4 is 5.32 Å². The molecule has 0 radical (unpaired) electrons. The lowest BCUT2D eigenvalue weighted by Crippen LogP contribution is -2.16. The molecule has 9 heteroatoms. The van der Waals surface area contributed by atoms with Crippen LogP contribution in [0.25, 0.3) is 0 Å². The van der Waals surface area contributed by atoms with Crippen molar-refractivity contribution >= 4 is 29.0 Å². The summed E-state index contributed by atoms with van der Waals surface area (Å²) in [5.41, 5.74) is 1.88. The Morgan fingerprint density at radius 1 is 1.17 bits per heavy atom. The number of carbonyl (C=O) groups is 1. The van der Waals surface area contributed by atoms with Crippen LogP contribution in [0.3, 0.4) is 0 Å². The van der Waals surface area contributed by atoms with Gasteiger partial charge in [-0.15, -0.1) is 10.2 Å². The van der Waals surface area contributed by atoms with Crippen LogP contribution in [0.1, 0.15) is 23.9 Å². The Morgan fingerprint density at radius 2 is 1.93 bits per heavy atom. The van der Waals surface area contributed by atoms with Crippen LogP contribution in [0, 0.1) is 17.0 Å². The fraction of sp³-hybridized carbons (Fsp3) is 0.250. The lowest BCUT2D eigenvalue weighted by molar-refractivity contribution is -0.384. The number of para-hydroxylation sites is 1. The number of aryl methyl sites for hydroxylation is 1. The third kappa shape index (κ3) is 5.00. The van der Waals surface area contributed by atoms with Crippen LogP contribution >= 0.6 is 11.8 Å². The molecule has 0 aliphatic heterocycles. The number of nitro groups is 1. The molecular formula is C20H21N5O3S. The van der Waals surface area contributed by atoms with E-state index in [0.29, 0.717) is 23.7 Å². The van der Waals surface area contributed by atoms with Crippen molar-refractivity contribution in [1.82, 2.24) is 14.8 Å². The van der Waals surface area contributed by atoms with Gasteiger partial charge in [-0.1, -0.05) is 54.2 Å². The van der Waals surface area contributed by atoms with Gasteiger partial charge in [-0.3, -0.25) is 14.9 Å². The molecule has 1 N–H and O–H groups in total. The van der Waals surface area contributed by atoms with Crippen LogP contribution in [-0.4, -0.2) is 31.3 Å². The highest BCUT2D eigenvalue weighted by atomic mass is 32.2. The van der Waals surface area contributed by atoms with E-state index >= 15 is 0 Å². The summed E-state index contributed by atoms with van der Waals surface area (Å²) in [6.07, 6.45) is 0.657. The summed E-state index contributed by atoms with van der Waals surface area (Å²) >= 11 is 1.26. The van der Waals surface area contributed by atoms with Crippen molar-refractivity contribution < 1.29 is 9.72 Å². The molecule has 0 bridgehead atoms. The normalized spacial score (nSPS) is 10.7. The fourth-order valence-corrected chi connectivity index (χ4v) is 3.75. The number of carbonyl (C=O) groups excluding carboxylic acids is 1. The summed E-state index contributed by atoms with van der Waals surface area (Å²) in [5, 5.41) is 23.0. The second-order valence-corrected chi connectivity index (χ2v) is 7.31. The van der Waals surface area contributed by atoms with Crippen LogP contribution in [-0.2, 0) is 17.8 Å². The zero-order valence-electron chi connectivity index (χ0n) is 16.2. The number of thioether (sulfide) groups is 1. The minimum Gasteiger partial charge on any atom is -0.319 e. The summed E-state index contributed by atoms with van der Waals surface area (Å²) in [5.74, 6) is 0.577. The molecule has 3 aromatic rings. The molecule has 0 spiro atoms. The average Bonchev–Trinajstić information content (AvgIpc) is 3.10. The first-order valence-electron chi connectivity index (χ1n) is 9.12. The Labute approximate surface area is 172 Å². The maximum Gasteiger partial charge on any atom is 0.293 e. The Morgan fingerprint density at radius 3 is 2.62 bits per heavy atom. The van der Waals surface area contributed by atoms with Gasteiger partial charge in [-0.05, 0) is 25.0 Å². The minimum atomic E-state index is -0.501. The van der Waals surface area contributed by atoms with E-state index < -0.39 is 4.92 Å². The molecule has 0 saturated carbocycles. The number of benzene rings is 2. The number of rotatable bonds is 8. The number of aromatic nitrogens is 3. The molecule has 0 aliphatic rings. The summed E-state index contributed by atoms with van der Waals surface area (Å²) in [6, 6.07) is 14.7. The maximum absolute atomic E-state index is 12.4. The number of nitrogens with zero attached hydrogens (tertiary/aromatic N) is 4. The first-order chi connectivity index (χ1) is 14.0. The van der Waals surface area contributed by atoms with E-state index in [2.05, 4.69) is 15.5 Å². The Balaban J connectivity index is 1.68. The van der Waals surface area contributed by atoms with Gasteiger partial charge >= 0.3 is 0 Å². The summed E-state index contributed by atoms with van der Waals surface area (Å²) < 4.78 is 1.97. The predicted octanol–water partition coefficient (Wildman–Crippen LogP) is 3.84. The molecule has 29 heavy (non-hydrogen) atoms. The van der Waals surface area contributed by atoms with Gasteiger partial charge in [-0.25, -0.2) is 0 Å². The zero-order valence-corrected chi connectivity index (χ0v) is 17.0. The lowest BCUT2D eigenvalue weighted by Gasteiger charge is -2.09. The van der Waals surface area contributed by atoms with Crippen molar-refractivity contribution in [2.75, 3.05) is 11.1 Å².